The van der Waals surface area contributed by atoms with E-state index in [-0.39, 0.29) is 16.6 Å². The van der Waals surface area contributed by atoms with Crippen molar-refractivity contribution in [2.75, 3.05) is 7.05 Å². The number of carbonyl (C=O) groups is 1. The molecule has 0 radical (unpaired) electrons. The lowest BCUT2D eigenvalue weighted by Gasteiger charge is -2.07. The maximum Gasteiger partial charge on any atom is 0.240 e. The molecule has 0 aromatic heterocycles. The third-order valence-electron chi connectivity index (χ3n) is 2.70. The first-order chi connectivity index (χ1) is 7.97. The molecule has 1 unspecified atom stereocenters. The number of carbonyl (C=O) groups excluding carboxylic acids is 1. The second-order valence-corrected chi connectivity index (χ2v) is 5.85. The lowest BCUT2D eigenvalue weighted by atomic mass is 10.1. The molecular weight excluding hydrogens is 242 g/mol. The van der Waals surface area contributed by atoms with Crippen LogP contribution in [0.4, 0.5) is 0 Å². The molecule has 1 aromatic carbocycles. The van der Waals surface area contributed by atoms with E-state index in [9.17, 15) is 13.2 Å². The van der Waals surface area contributed by atoms with E-state index in [1.54, 1.807) is 6.07 Å². The lowest BCUT2D eigenvalue weighted by Crippen LogP contribution is -2.19. The van der Waals surface area contributed by atoms with Crippen LogP contribution < -0.4 is 9.46 Å². The smallest absolute Gasteiger partial charge is 0.240 e. The summed E-state index contributed by atoms with van der Waals surface area (Å²) < 4.78 is 31.1. The summed E-state index contributed by atoms with van der Waals surface area (Å²) in [6, 6.07) is 2.88. The molecular formula is C11H13NO4S. The van der Waals surface area contributed by atoms with Crippen LogP contribution in [0.3, 0.4) is 0 Å². The van der Waals surface area contributed by atoms with Gasteiger partial charge in [0.1, 0.15) is 11.9 Å². The predicted octanol–water partition coefficient (Wildman–Crippen LogP) is 0.731. The fraction of sp³-hybridized carbons (Fsp3) is 0.364. The zero-order valence-corrected chi connectivity index (χ0v) is 10.4. The van der Waals surface area contributed by atoms with Gasteiger partial charge >= 0.3 is 0 Å². The summed E-state index contributed by atoms with van der Waals surface area (Å²) in [4.78, 5) is 11.0. The number of aldehydes is 1. The molecule has 0 fully saturated rings. The molecule has 92 valence electrons. The third-order valence-corrected chi connectivity index (χ3v) is 4.09. The Bertz CT molecular complexity index is 565. The number of rotatable bonds is 3. The van der Waals surface area contributed by atoms with Gasteiger partial charge in [0, 0.05) is 6.42 Å². The largest absolute Gasteiger partial charge is 0.489 e. The molecule has 1 N–H and O–H groups in total. The molecule has 1 aromatic rings. The van der Waals surface area contributed by atoms with Gasteiger partial charge in [-0.3, -0.25) is 4.79 Å². The molecule has 0 saturated carbocycles. The number of benzene rings is 1. The minimum atomic E-state index is -3.53. The highest BCUT2D eigenvalue weighted by Crippen LogP contribution is 2.34. The number of hydrogen-bond acceptors (Lipinski definition) is 4. The number of hydrogen-bond donors (Lipinski definition) is 1. The van der Waals surface area contributed by atoms with Gasteiger partial charge in [0.05, 0.1) is 10.5 Å². The van der Waals surface area contributed by atoms with Gasteiger partial charge in [-0.05, 0) is 31.7 Å². The molecule has 1 aliphatic rings. The highest BCUT2D eigenvalue weighted by Gasteiger charge is 2.25. The van der Waals surface area contributed by atoms with Crippen LogP contribution in [0.1, 0.15) is 22.8 Å². The predicted molar refractivity (Wildman–Crippen MR) is 61.9 cm³/mol. The molecule has 0 amide bonds. The van der Waals surface area contributed by atoms with Crippen molar-refractivity contribution >= 4 is 16.3 Å². The van der Waals surface area contributed by atoms with Crippen LogP contribution in [0, 0.1) is 0 Å². The normalized spacial score (nSPS) is 18.6. The maximum atomic E-state index is 11.7. The fourth-order valence-corrected chi connectivity index (χ4v) is 2.71. The first-order valence-electron chi connectivity index (χ1n) is 5.20. The van der Waals surface area contributed by atoms with Gasteiger partial charge in [0.15, 0.2) is 6.29 Å². The van der Waals surface area contributed by atoms with Crippen LogP contribution in [0.15, 0.2) is 17.0 Å². The first-order valence-corrected chi connectivity index (χ1v) is 6.68. The monoisotopic (exact) mass is 255 g/mol. The summed E-state index contributed by atoms with van der Waals surface area (Å²) in [6.45, 7) is 1.88. The summed E-state index contributed by atoms with van der Waals surface area (Å²) in [5.41, 5.74) is 1.04. The average molecular weight is 255 g/mol. The van der Waals surface area contributed by atoms with Gasteiger partial charge in [-0.2, -0.15) is 0 Å². The fourth-order valence-electron chi connectivity index (χ4n) is 1.89. The van der Waals surface area contributed by atoms with Gasteiger partial charge in [-0.1, -0.05) is 0 Å². The van der Waals surface area contributed by atoms with Crippen molar-refractivity contribution in [3.63, 3.8) is 0 Å². The molecule has 0 bridgehead atoms. The van der Waals surface area contributed by atoms with Crippen molar-refractivity contribution in [3.8, 4) is 5.75 Å². The van der Waals surface area contributed by atoms with Crippen LogP contribution in [-0.4, -0.2) is 27.9 Å². The Morgan fingerprint density at radius 3 is 2.76 bits per heavy atom. The Labute approximate surface area is 99.8 Å². The van der Waals surface area contributed by atoms with Crippen molar-refractivity contribution in [2.24, 2.45) is 0 Å². The zero-order chi connectivity index (χ0) is 12.6. The summed E-state index contributed by atoms with van der Waals surface area (Å²) in [7, 11) is -2.20. The summed E-state index contributed by atoms with van der Waals surface area (Å²) in [6.07, 6.45) is 1.20. The number of ether oxygens (including phenoxy) is 1. The van der Waals surface area contributed by atoms with Crippen LogP contribution >= 0.6 is 0 Å². The second-order valence-electron chi connectivity index (χ2n) is 3.96. The Hall–Kier alpha value is -1.40. The van der Waals surface area contributed by atoms with E-state index in [4.69, 9.17) is 4.74 Å². The van der Waals surface area contributed by atoms with Crippen LogP contribution in [0.25, 0.3) is 0 Å². The third kappa shape index (κ3) is 2.05. The lowest BCUT2D eigenvalue weighted by molar-refractivity contribution is 0.111. The molecule has 17 heavy (non-hydrogen) atoms. The van der Waals surface area contributed by atoms with E-state index in [2.05, 4.69) is 4.72 Å². The molecule has 1 atom stereocenters. The Morgan fingerprint density at radius 2 is 2.18 bits per heavy atom. The maximum absolute atomic E-state index is 11.7. The van der Waals surface area contributed by atoms with E-state index in [0.29, 0.717) is 18.5 Å². The second kappa shape index (κ2) is 4.12. The van der Waals surface area contributed by atoms with Gasteiger partial charge in [-0.15, -0.1) is 0 Å². The molecule has 0 aliphatic carbocycles. The minimum Gasteiger partial charge on any atom is -0.489 e. The first kappa shape index (κ1) is 12.1. The average Bonchev–Trinajstić information content (AvgIpc) is 2.67. The topological polar surface area (TPSA) is 72.5 Å². The van der Waals surface area contributed by atoms with Crippen LogP contribution in [0.5, 0.6) is 5.75 Å². The van der Waals surface area contributed by atoms with Gasteiger partial charge in [0.2, 0.25) is 10.0 Å². The van der Waals surface area contributed by atoms with E-state index >= 15 is 0 Å². The summed E-state index contributed by atoms with van der Waals surface area (Å²) in [5, 5.41) is 0. The molecule has 5 nitrogen and oxygen atoms in total. The molecule has 6 heteroatoms. The van der Waals surface area contributed by atoms with E-state index in [1.807, 2.05) is 6.92 Å². The van der Waals surface area contributed by atoms with Crippen molar-refractivity contribution in [1.82, 2.24) is 4.72 Å². The molecule has 1 heterocycles. The quantitative estimate of drug-likeness (QED) is 0.808. The van der Waals surface area contributed by atoms with E-state index in [1.165, 1.54) is 13.1 Å². The number of nitrogens with one attached hydrogen (secondary N) is 1. The van der Waals surface area contributed by atoms with Gasteiger partial charge in [-0.25, -0.2) is 13.1 Å². The van der Waals surface area contributed by atoms with Crippen molar-refractivity contribution in [3.05, 3.63) is 23.3 Å². The van der Waals surface area contributed by atoms with Crippen molar-refractivity contribution < 1.29 is 17.9 Å². The van der Waals surface area contributed by atoms with Crippen molar-refractivity contribution in [2.45, 2.75) is 24.3 Å². The summed E-state index contributed by atoms with van der Waals surface area (Å²) >= 11 is 0. The molecule has 0 spiro atoms. The van der Waals surface area contributed by atoms with Crippen molar-refractivity contribution in [1.29, 1.82) is 0 Å². The highest BCUT2D eigenvalue weighted by atomic mass is 32.2. The highest BCUT2D eigenvalue weighted by molar-refractivity contribution is 7.89. The molecule has 0 saturated heterocycles. The number of sulfonamides is 1. The van der Waals surface area contributed by atoms with E-state index < -0.39 is 10.0 Å². The van der Waals surface area contributed by atoms with E-state index in [0.717, 1.165) is 5.56 Å². The Kier molecular flexibility index (Phi) is 2.92. The minimum absolute atomic E-state index is 0.0313. The number of fused-ring (bicyclic) bond motifs is 1. The van der Waals surface area contributed by atoms with Gasteiger partial charge in [0.25, 0.3) is 0 Å². The van der Waals surface area contributed by atoms with Gasteiger partial charge < -0.3 is 4.74 Å². The Morgan fingerprint density at radius 1 is 1.47 bits per heavy atom. The Balaban J connectivity index is 2.61. The standard InChI is InChI=1S/C11H13NO4S/c1-7-3-8-4-10(17(14,15)12-2)5-9(6-13)11(8)16-7/h4-7,12H,3H2,1-2H3. The molecule has 1 aliphatic heterocycles. The SMILES string of the molecule is CNS(=O)(=O)c1cc(C=O)c2c(c1)CC(C)O2. The van der Waals surface area contributed by atoms with Crippen LogP contribution in [-0.2, 0) is 16.4 Å². The summed E-state index contributed by atoms with van der Waals surface area (Å²) in [5.74, 6) is 0.502. The molecule has 2 rings (SSSR count). The zero-order valence-electron chi connectivity index (χ0n) is 9.56. The van der Waals surface area contributed by atoms with Crippen LogP contribution in [0.2, 0.25) is 0 Å².